The predicted molar refractivity (Wildman–Crippen MR) is 140 cm³/mol. The van der Waals surface area contributed by atoms with Gasteiger partial charge in [0.1, 0.15) is 10.7 Å². The van der Waals surface area contributed by atoms with E-state index in [9.17, 15) is 17.6 Å². The first kappa shape index (κ1) is 24.6. The maximum atomic E-state index is 14.9. The molecule has 4 aliphatic rings. The lowest BCUT2D eigenvalue weighted by molar-refractivity contribution is -0.0344. The van der Waals surface area contributed by atoms with Crippen LogP contribution >= 0.6 is 0 Å². The van der Waals surface area contributed by atoms with Crippen molar-refractivity contribution in [1.82, 2.24) is 19.6 Å². The molecule has 1 aliphatic carbocycles. The highest BCUT2D eigenvalue weighted by atomic mass is 32.2. The van der Waals surface area contributed by atoms with Crippen LogP contribution in [0.5, 0.6) is 0 Å². The lowest BCUT2D eigenvalue weighted by Gasteiger charge is -2.42. The maximum absolute atomic E-state index is 14.9. The largest absolute Gasteiger partial charge is 0.379 e. The van der Waals surface area contributed by atoms with E-state index in [0.717, 1.165) is 31.3 Å². The van der Waals surface area contributed by atoms with Gasteiger partial charge < -0.3 is 14.4 Å². The number of sulfone groups is 1. The van der Waals surface area contributed by atoms with Crippen molar-refractivity contribution in [2.45, 2.75) is 29.3 Å². The van der Waals surface area contributed by atoms with E-state index in [0.29, 0.717) is 43.3 Å². The fourth-order valence-corrected chi connectivity index (χ4v) is 7.46. The molecule has 0 N–H and O–H groups in total. The summed E-state index contributed by atoms with van der Waals surface area (Å²) in [5.41, 5.74) is 2.78. The topological polar surface area (TPSA) is 94.0 Å². The molecule has 9 nitrogen and oxygen atoms in total. The molecule has 202 valence electrons. The van der Waals surface area contributed by atoms with Gasteiger partial charge in [0, 0.05) is 37.3 Å². The van der Waals surface area contributed by atoms with Crippen LogP contribution in [-0.4, -0.2) is 85.5 Å². The third kappa shape index (κ3) is 4.11. The second-order valence-electron chi connectivity index (χ2n) is 10.2. The second kappa shape index (κ2) is 9.37. The summed E-state index contributed by atoms with van der Waals surface area (Å²) in [4.78, 5) is 17.5. The summed E-state index contributed by atoms with van der Waals surface area (Å²) in [7, 11) is -4.03. The van der Waals surface area contributed by atoms with E-state index in [-0.39, 0.29) is 34.2 Å². The Kier molecular flexibility index (Phi) is 5.92. The molecule has 0 bridgehead atoms. The van der Waals surface area contributed by atoms with E-state index >= 15 is 0 Å². The number of fused-ring (bicyclic) bond motifs is 4. The molecule has 0 radical (unpaired) electrons. The zero-order chi connectivity index (χ0) is 26.7. The standard InChI is InChI=1S/C28H27FN4O5S/c29-22-3-1-2-20-26-21(17-39(35,36)27(20)22)25(28(34)32-12-15-38-24-9-8-23(24)32)30-33(26)19-6-4-18(5-7-19)16-31-10-13-37-14-11-31/h1-9,23-24H,10-17H2/t23-,24+/m0/s1. The minimum Gasteiger partial charge on any atom is -0.379 e. The molecule has 1 aromatic heterocycles. The van der Waals surface area contributed by atoms with Gasteiger partial charge in [0.05, 0.1) is 49.1 Å². The Balaban J connectivity index is 1.33. The molecular formula is C28H27FN4O5S. The van der Waals surface area contributed by atoms with Gasteiger partial charge >= 0.3 is 0 Å². The number of carbonyl (C=O) groups is 1. The summed E-state index contributed by atoms with van der Waals surface area (Å²) in [6.07, 6.45) is 3.64. The number of halogens is 1. The summed E-state index contributed by atoms with van der Waals surface area (Å²) in [5, 5.41) is 4.71. The molecule has 2 atom stereocenters. The molecule has 0 spiro atoms. The zero-order valence-corrected chi connectivity index (χ0v) is 21.9. The number of nitrogens with zero attached hydrogens (tertiary/aromatic N) is 4. The minimum absolute atomic E-state index is 0.0711. The molecule has 39 heavy (non-hydrogen) atoms. The molecule has 1 amide bonds. The maximum Gasteiger partial charge on any atom is 0.275 e. The summed E-state index contributed by atoms with van der Waals surface area (Å²) in [5.74, 6) is -1.66. The number of amides is 1. The Hall–Kier alpha value is -3.38. The normalized spacial score (nSPS) is 23.5. The lowest BCUT2D eigenvalue weighted by atomic mass is 9.95. The molecule has 3 aromatic rings. The van der Waals surface area contributed by atoms with Gasteiger partial charge in [-0.05, 0) is 23.8 Å². The highest BCUT2D eigenvalue weighted by molar-refractivity contribution is 7.91. The highest BCUT2D eigenvalue weighted by Crippen LogP contribution is 2.42. The SMILES string of the molecule is O=C(c1nn(-c2ccc(CN3CCOCC3)cc2)c2c1CS(=O)(=O)c1c(F)cccc1-2)N1CCO[C@@H]2C=C[C@@H]21. The van der Waals surface area contributed by atoms with E-state index in [1.165, 1.54) is 6.07 Å². The van der Waals surface area contributed by atoms with E-state index in [4.69, 9.17) is 14.6 Å². The van der Waals surface area contributed by atoms with Gasteiger partial charge in [0.2, 0.25) is 0 Å². The van der Waals surface area contributed by atoms with Crippen LogP contribution in [0.3, 0.4) is 0 Å². The van der Waals surface area contributed by atoms with Crippen LogP contribution in [0.2, 0.25) is 0 Å². The molecule has 4 heterocycles. The van der Waals surface area contributed by atoms with Gasteiger partial charge in [-0.2, -0.15) is 5.10 Å². The first-order chi connectivity index (χ1) is 18.9. The number of carbonyl (C=O) groups excluding carboxylic acids is 1. The van der Waals surface area contributed by atoms with Crippen molar-refractivity contribution in [3.8, 4) is 16.9 Å². The van der Waals surface area contributed by atoms with E-state index < -0.39 is 21.4 Å². The van der Waals surface area contributed by atoms with Gasteiger partial charge in [-0.3, -0.25) is 9.69 Å². The third-order valence-electron chi connectivity index (χ3n) is 7.84. The van der Waals surface area contributed by atoms with Crippen LogP contribution in [0.1, 0.15) is 21.6 Å². The number of benzene rings is 2. The average molecular weight is 551 g/mol. The molecule has 11 heteroatoms. The molecule has 2 aromatic carbocycles. The van der Waals surface area contributed by atoms with E-state index in [1.807, 2.05) is 36.4 Å². The van der Waals surface area contributed by atoms with Crippen molar-refractivity contribution in [1.29, 1.82) is 0 Å². The van der Waals surface area contributed by atoms with Crippen LogP contribution in [0.4, 0.5) is 4.39 Å². The molecular weight excluding hydrogens is 523 g/mol. The summed E-state index contributed by atoms with van der Waals surface area (Å²) in [6.45, 7) is 4.72. The lowest BCUT2D eigenvalue weighted by Crippen LogP contribution is -2.55. The fourth-order valence-electron chi connectivity index (χ4n) is 5.80. The fraction of sp³-hybridized carbons (Fsp3) is 0.357. The van der Waals surface area contributed by atoms with Crippen molar-refractivity contribution in [3.05, 3.63) is 77.3 Å². The third-order valence-corrected chi connectivity index (χ3v) is 9.55. The molecule has 2 fully saturated rings. The zero-order valence-electron chi connectivity index (χ0n) is 21.1. The monoisotopic (exact) mass is 550 g/mol. The van der Waals surface area contributed by atoms with Crippen molar-refractivity contribution < 1.29 is 27.1 Å². The summed E-state index contributed by atoms with van der Waals surface area (Å²) in [6, 6.07) is 11.8. The Morgan fingerprint density at radius 2 is 1.82 bits per heavy atom. The van der Waals surface area contributed by atoms with Crippen LogP contribution in [0.15, 0.2) is 59.5 Å². The van der Waals surface area contributed by atoms with Gasteiger partial charge in [0.15, 0.2) is 15.5 Å². The predicted octanol–water partition coefficient (Wildman–Crippen LogP) is 2.58. The molecule has 7 rings (SSSR count). The quantitative estimate of drug-likeness (QED) is 0.461. The molecule has 0 unspecified atom stereocenters. The second-order valence-corrected chi connectivity index (χ2v) is 12.2. The Bertz CT molecular complexity index is 1590. The van der Waals surface area contributed by atoms with Crippen LogP contribution in [0, 0.1) is 5.82 Å². The minimum atomic E-state index is -4.03. The molecule has 0 saturated carbocycles. The van der Waals surface area contributed by atoms with Crippen molar-refractivity contribution in [3.63, 3.8) is 0 Å². The van der Waals surface area contributed by atoms with Crippen LogP contribution in [-0.2, 0) is 31.6 Å². The average Bonchev–Trinajstić information content (AvgIpc) is 3.28. The highest BCUT2D eigenvalue weighted by Gasteiger charge is 2.42. The van der Waals surface area contributed by atoms with Gasteiger partial charge in [-0.1, -0.05) is 36.4 Å². The number of morpholine rings is 2. The van der Waals surface area contributed by atoms with Gasteiger partial charge in [-0.15, -0.1) is 0 Å². The first-order valence-corrected chi connectivity index (χ1v) is 14.7. The molecule has 3 aliphatic heterocycles. The van der Waals surface area contributed by atoms with E-state index in [2.05, 4.69) is 4.90 Å². The van der Waals surface area contributed by atoms with Crippen LogP contribution < -0.4 is 0 Å². The number of ether oxygens (including phenoxy) is 2. The Morgan fingerprint density at radius 3 is 2.56 bits per heavy atom. The first-order valence-electron chi connectivity index (χ1n) is 13.0. The summed E-state index contributed by atoms with van der Waals surface area (Å²) < 4.78 is 54.2. The van der Waals surface area contributed by atoms with Crippen molar-refractivity contribution in [2.24, 2.45) is 0 Å². The Morgan fingerprint density at radius 1 is 1.03 bits per heavy atom. The van der Waals surface area contributed by atoms with Crippen molar-refractivity contribution in [2.75, 3.05) is 39.5 Å². The Labute approximate surface area is 225 Å². The number of aromatic nitrogens is 2. The smallest absolute Gasteiger partial charge is 0.275 e. The number of hydrogen-bond donors (Lipinski definition) is 0. The van der Waals surface area contributed by atoms with Gasteiger partial charge in [0.25, 0.3) is 5.91 Å². The van der Waals surface area contributed by atoms with E-state index in [1.54, 1.807) is 15.6 Å². The number of hydrogen-bond acceptors (Lipinski definition) is 7. The number of rotatable bonds is 4. The van der Waals surface area contributed by atoms with Crippen LogP contribution in [0.25, 0.3) is 16.9 Å². The van der Waals surface area contributed by atoms with Crippen molar-refractivity contribution >= 4 is 15.7 Å². The summed E-state index contributed by atoms with van der Waals surface area (Å²) >= 11 is 0. The molecule has 2 saturated heterocycles. The van der Waals surface area contributed by atoms with Gasteiger partial charge in [-0.25, -0.2) is 17.5 Å².